The predicted octanol–water partition coefficient (Wildman–Crippen LogP) is 1.88. The van der Waals surface area contributed by atoms with Gasteiger partial charge in [-0.15, -0.1) is 0 Å². The monoisotopic (exact) mass is 225 g/mol. The summed E-state index contributed by atoms with van der Waals surface area (Å²) in [5.74, 6) is 2.12. The van der Waals surface area contributed by atoms with Crippen LogP contribution in [0.3, 0.4) is 0 Å². The molecular formula is C11H19N3S. The van der Waals surface area contributed by atoms with Crippen LogP contribution >= 0.6 is 12.2 Å². The zero-order chi connectivity index (χ0) is 11.2. The van der Waals surface area contributed by atoms with Crippen LogP contribution in [0.1, 0.15) is 33.6 Å². The second-order valence-corrected chi connectivity index (χ2v) is 5.87. The molecule has 3 nitrogen and oxygen atoms in total. The molecular weight excluding hydrogens is 206 g/mol. The lowest BCUT2D eigenvalue weighted by Gasteiger charge is -2.36. The summed E-state index contributed by atoms with van der Waals surface area (Å²) >= 11 is 4.75. The molecule has 2 rings (SSSR count). The van der Waals surface area contributed by atoms with E-state index in [9.17, 15) is 0 Å². The van der Waals surface area contributed by atoms with Gasteiger partial charge in [-0.05, 0) is 42.3 Å². The predicted molar refractivity (Wildman–Crippen MR) is 66.5 cm³/mol. The van der Waals surface area contributed by atoms with E-state index in [0.29, 0.717) is 17.3 Å². The van der Waals surface area contributed by atoms with Crippen molar-refractivity contribution in [2.75, 3.05) is 0 Å². The van der Waals surface area contributed by atoms with Gasteiger partial charge >= 0.3 is 0 Å². The van der Waals surface area contributed by atoms with E-state index >= 15 is 0 Å². The van der Waals surface area contributed by atoms with Crippen molar-refractivity contribution >= 4 is 23.0 Å². The molecule has 0 radical (unpaired) electrons. The van der Waals surface area contributed by atoms with Gasteiger partial charge in [0.15, 0.2) is 5.11 Å². The normalized spacial score (nSPS) is 39.7. The van der Waals surface area contributed by atoms with Gasteiger partial charge in [0.1, 0.15) is 0 Å². The molecule has 4 heteroatoms. The van der Waals surface area contributed by atoms with E-state index in [4.69, 9.17) is 18.0 Å². The molecule has 0 unspecified atom stereocenters. The number of fused-ring (bicyclic) bond motifs is 2. The van der Waals surface area contributed by atoms with Crippen LogP contribution in [0.25, 0.3) is 0 Å². The molecule has 0 heterocycles. The molecule has 0 spiro atoms. The first-order valence-electron chi connectivity index (χ1n) is 5.55. The summed E-state index contributed by atoms with van der Waals surface area (Å²) in [7, 11) is 0. The van der Waals surface area contributed by atoms with Gasteiger partial charge in [0.25, 0.3) is 0 Å². The van der Waals surface area contributed by atoms with Crippen molar-refractivity contribution < 1.29 is 0 Å². The van der Waals surface area contributed by atoms with E-state index in [0.717, 1.165) is 12.3 Å². The smallest absolute Gasteiger partial charge is 0.184 e. The van der Waals surface area contributed by atoms with Gasteiger partial charge < -0.3 is 5.73 Å². The van der Waals surface area contributed by atoms with Gasteiger partial charge in [-0.2, -0.15) is 5.10 Å². The molecule has 2 aliphatic carbocycles. The van der Waals surface area contributed by atoms with Gasteiger partial charge in [-0.1, -0.05) is 20.8 Å². The minimum atomic E-state index is 0.261. The van der Waals surface area contributed by atoms with E-state index in [1.807, 2.05) is 0 Å². The topological polar surface area (TPSA) is 50.4 Å². The molecule has 0 saturated heterocycles. The van der Waals surface area contributed by atoms with Crippen LogP contribution in [0.15, 0.2) is 5.10 Å². The fourth-order valence-electron chi connectivity index (χ4n) is 3.13. The van der Waals surface area contributed by atoms with Crippen molar-refractivity contribution in [1.29, 1.82) is 0 Å². The third kappa shape index (κ3) is 1.65. The van der Waals surface area contributed by atoms with Crippen molar-refractivity contribution in [3.05, 3.63) is 0 Å². The van der Waals surface area contributed by atoms with E-state index in [2.05, 4.69) is 31.3 Å². The third-order valence-electron chi connectivity index (χ3n) is 4.56. The number of nitrogens with one attached hydrogen (secondary N) is 1. The molecule has 84 valence electrons. The summed E-state index contributed by atoms with van der Waals surface area (Å²) in [6.07, 6.45) is 2.39. The number of hydrazone groups is 1. The second kappa shape index (κ2) is 3.44. The Morgan fingerprint density at radius 2 is 2.27 bits per heavy atom. The zero-order valence-electron chi connectivity index (χ0n) is 9.58. The van der Waals surface area contributed by atoms with Gasteiger partial charge in [0.05, 0.1) is 0 Å². The fourth-order valence-corrected chi connectivity index (χ4v) is 3.18. The standard InChI is InChI=1S/C11H19N3S/c1-6-8-4-7(11(6,2)3)5-9(8)13-14-10(12)15/h6-8H,4-5H2,1-3H3,(H3,12,14,15)/b13-9-/t6-,7+,8+/m1/s1. The van der Waals surface area contributed by atoms with Crippen LogP contribution in [0.2, 0.25) is 0 Å². The Morgan fingerprint density at radius 3 is 2.73 bits per heavy atom. The molecule has 0 aromatic rings. The van der Waals surface area contributed by atoms with E-state index in [1.165, 1.54) is 12.1 Å². The van der Waals surface area contributed by atoms with Crippen molar-refractivity contribution in [1.82, 2.24) is 5.43 Å². The number of nitrogens with two attached hydrogens (primary N) is 1. The Labute approximate surface area is 96.5 Å². The third-order valence-corrected chi connectivity index (χ3v) is 4.65. The van der Waals surface area contributed by atoms with E-state index in [-0.39, 0.29) is 5.11 Å². The zero-order valence-corrected chi connectivity index (χ0v) is 10.4. The molecule has 3 atom stereocenters. The lowest BCUT2D eigenvalue weighted by molar-refractivity contribution is 0.182. The number of nitrogens with zero attached hydrogens (tertiary/aromatic N) is 1. The molecule has 15 heavy (non-hydrogen) atoms. The molecule has 0 amide bonds. The van der Waals surface area contributed by atoms with Crippen molar-refractivity contribution in [2.45, 2.75) is 33.6 Å². The lowest BCUT2D eigenvalue weighted by atomic mass is 9.69. The Hall–Kier alpha value is -0.640. The van der Waals surface area contributed by atoms with Crippen molar-refractivity contribution in [3.63, 3.8) is 0 Å². The van der Waals surface area contributed by atoms with Crippen molar-refractivity contribution in [2.24, 2.45) is 34.0 Å². The first kappa shape index (κ1) is 10.9. The second-order valence-electron chi connectivity index (χ2n) is 5.43. The number of hydrogen-bond acceptors (Lipinski definition) is 2. The quantitative estimate of drug-likeness (QED) is 0.529. The number of thiocarbonyl (C=S) groups is 1. The first-order valence-corrected chi connectivity index (χ1v) is 5.95. The van der Waals surface area contributed by atoms with Crippen LogP contribution in [0.4, 0.5) is 0 Å². The van der Waals surface area contributed by atoms with Gasteiger partial charge in [-0.25, -0.2) is 0 Å². The maximum absolute atomic E-state index is 5.37. The highest BCUT2D eigenvalue weighted by Crippen LogP contribution is 2.57. The maximum Gasteiger partial charge on any atom is 0.184 e. The Morgan fingerprint density at radius 1 is 1.60 bits per heavy atom. The van der Waals surface area contributed by atoms with Crippen LogP contribution < -0.4 is 11.2 Å². The minimum absolute atomic E-state index is 0.261. The molecule has 2 bridgehead atoms. The van der Waals surface area contributed by atoms with Gasteiger partial charge in [0, 0.05) is 11.6 Å². The summed E-state index contributed by atoms with van der Waals surface area (Å²) in [5, 5.41) is 4.58. The number of rotatable bonds is 1. The SMILES string of the molecule is C[C@@H]1[C@@H]2C[C@@H](C/C2=N/NC(N)=S)C1(C)C. The summed E-state index contributed by atoms with van der Waals surface area (Å²) in [5.41, 5.74) is 9.82. The molecule has 2 fully saturated rings. The Bertz CT molecular complexity index is 318. The fraction of sp³-hybridized carbons (Fsp3) is 0.818. The lowest BCUT2D eigenvalue weighted by Crippen LogP contribution is -2.35. The molecule has 0 aliphatic heterocycles. The largest absolute Gasteiger partial charge is 0.375 e. The molecule has 2 saturated carbocycles. The Balaban J connectivity index is 2.12. The summed E-state index contributed by atoms with van der Waals surface area (Å²) in [6, 6.07) is 0. The van der Waals surface area contributed by atoms with Crippen LogP contribution in [0.5, 0.6) is 0 Å². The highest BCUT2D eigenvalue weighted by Gasteiger charge is 2.53. The summed E-state index contributed by atoms with van der Waals surface area (Å²) in [6.45, 7) is 7.08. The minimum Gasteiger partial charge on any atom is -0.375 e. The van der Waals surface area contributed by atoms with Crippen molar-refractivity contribution in [3.8, 4) is 0 Å². The summed E-state index contributed by atoms with van der Waals surface area (Å²) < 4.78 is 0. The maximum atomic E-state index is 5.37. The molecule has 2 aliphatic rings. The Kier molecular flexibility index (Phi) is 2.49. The number of hydrogen-bond donors (Lipinski definition) is 2. The molecule has 3 N–H and O–H groups in total. The highest BCUT2D eigenvalue weighted by molar-refractivity contribution is 7.80. The van der Waals surface area contributed by atoms with Crippen LogP contribution in [-0.2, 0) is 0 Å². The molecule has 0 aromatic heterocycles. The highest BCUT2D eigenvalue weighted by atomic mass is 32.1. The van der Waals surface area contributed by atoms with E-state index < -0.39 is 0 Å². The van der Waals surface area contributed by atoms with Gasteiger partial charge in [0.2, 0.25) is 0 Å². The summed E-state index contributed by atoms with van der Waals surface area (Å²) in [4.78, 5) is 0. The van der Waals surface area contributed by atoms with Crippen LogP contribution in [0, 0.1) is 23.2 Å². The average molecular weight is 225 g/mol. The van der Waals surface area contributed by atoms with Crippen LogP contribution in [-0.4, -0.2) is 10.8 Å². The average Bonchev–Trinajstić information content (AvgIpc) is 2.64. The molecule has 0 aromatic carbocycles. The van der Waals surface area contributed by atoms with Gasteiger partial charge in [-0.3, -0.25) is 5.43 Å². The first-order chi connectivity index (χ1) is 6.93. The van der Waals surface area contributed by atoms with E-state index in [1.54, 1.807) is 0 Å².